The van der Waals surface area contributed by atoms with Gasteiger partial charge in [-0.15, -0.1) is 11.8 Å². The summed E-state index contributed by atoms with van der Waals surface area (Å²) in [5, 5.41) is 19.3. The fourth-order valence-electron chi connectivity index (χ4n) is 1.53. The number of carbonyl (C=O) groups is 1. The summed E-state index contributed by atoms with van der Waals surface area (Å²) in [4.78, 5) is 15.2. The van der Waals surface area contributed by atoms with E-state index in [-0.39, 0.29) is 5.75 Å². The van der Waals surface area contributed by atoms with Gasteiger partial charge >= 0.3 is 5.97 Å². The smallest absolute Gasteiger partial charge is 0.332 e. The first-order valence-electron chi connectivity index (χ1n) is 4.98. The molecule has 0 aliphatic carbocycles. The molecule has 0 saturated heterocycles. The number of nitrogens with two attached hydrogens (primary N) is 1. The topological polar surface area (TPSA) is 95.9 Å². The predicted octanol–water partition coefficient (Wildman–Crippen LogP) is 1.31. The zero-order valence-electron chi connectivity index (χ0n) is 9.17. The molecule has 6 heteroatoms. The number of hydrogen-bond donors (Lipinski definition) is 3. The number of aromatic hydroxyl groups is 1. The summed E-state index contributed by atoms with van der Waals surface area (Å²) in [7, 11) is 0. The van der Waals surface area contributed by atoms with Crippen LogP contribution in [-0.2, 0) is 4.79 Å². The molecule has 1 aliphatic rings. The van der Waals surface area contributed by atoms with E-state index in [1.807, 2.05) is 0 Å². The van der Waals surface area contributed by atoms with Gasteiger partial charge in [0.2, 0.25) is 0 Å². The Morgan fingerprint density at radius 3 is 2.82 bits per heavy atom. The second-order valence-electron chi connectivity index (χ2n) is 4.03. The largest absolute Gasteiger partial charge is 0.507 e. The Bertz CT molecular complexity index is 495. The van der Waals surface area contributed by atoms with Crippen molar-refractivity contribution in [1.82, 2.24) is 0 Å². The summed E-state index contributed by atoms with van der Waals surface area (Å²) in [6.45, 7) is 1.55. The average Bonchev–Trinajstić information content (AvgIpc) is 2.62. The number of anilines is 1. The van der Waals surface area contributed by atoms with Crippen LogP contribution in [0.15, 0.2) is 23.2 Å². The van der Waals surface area contributed by atoms with Gasteiger partial charge in [-0.25, -0.2) is 4.79 Å². The Balaban J connectivity index is 2.47. The van der Waals surface area contributed by atoms with Gasteiger partial charge in [-0.2, -0.15) is 0 Å². The molecule has 0 spiro atoms. The van der Waals surface area contributed by atoms with Crippen molar-refractivity contribution in [1.29, 1.82) is 0 Å². The molecule has 0 bridgehead atoms. The third kappa shape index (κ3) is 1.95. The predicted molar refractivity (Wildman–Crippen MR) is 67.6 cm³/mol. The van der Waals surface area contributed by atoms with Crippen LogP contribution in [-0.4, -0.2) is 32.5 Å². The quantitative estimate of drug-likeness (QED) is 0.690. The van der Waals surface area contributed by atoms with E-state index >= 15 is 0 Å². The van der Waals surface area contributed by atoms with E-state index in [1.165, 1.54) is 17.8 Å². The van der Waals surface area contributed by atoms with Crippen molar-refractivity contribution in [2.45, 2.75) is 12.5 Å². The molecule has 0 aromatic heterocycles. The second kappa shape index (κ2) is 3.96. The van der Waals surface area contributed by atoms with Crippen LogP contribution in [0.1, 0.15) is 12.5 Å². The van der Waals surface area contributed by atoms with Crippen molar-refractivity contribution < 1.29 is 15.0 Å². The summed E-state index contributed by atoms with van der Waals surface area (Å²) in [6.07, 6.45) is 0. The van der Waals surface area contributed by atoms with Crippen molar-refractivity contribution in [2.75, 3.05) is 11.5 Å². The Morgan fingerprint density at radius 2 is 2.29 bits per heavy atom. The van der Waals surface area contributed by atoms with Gasteiger partial charge in [0.05, 0.1) is 5.56 Å². The highest BCUT2D eigenvalue weighted by Crippen LogP contribution is 2.36. The first kappa shape index (κ1) is 11.8. The number of nitrogen functional groups attached to an aromatic ring is 1. The average molecular weight is 252 g/mol. The van der Waals surface area contributed by atoms with E-state index in [0.717, 1.165) is 0 Å². The maximum absolute atomic E-state index is 11.1. The highest BCUT2D eigenvalue weighted by atomic mass is 32.2. The Kier molecular flexibility index (Phi) is 2.74. The van der Waals surface area contributed by atoms with Crippen LogP contribution in [0.5, 0.6) is 5.75 Å². The lowest BCUT2D eigenvalue weighted by Gasteiger charge is -2.11. The van der Waals surface area contributed by atoms with Crippen molar-refractivity contribution in [3.63, 3.8) is 0 Å². The Hall–Kier alpha value is -1.69. The van der Waals surface area contributed by atoms with Gasteiger partial charge in [-0.1, -0.05) is 6.07 Å². The number of hydrogen-bond acceptors (Lipinski definition) is 5. The molecule has 0 fully saturated rings. The number of aliphatic carboxylic acids is 1. The number of benzene rings is 1. The second-order valence-corrected chi connectivity index (χ2v) is 4.99. The maximum atomic E-state index is 11.1. The molecule has 4 N–H and O–H groups in total. The van der Waals surface area contributed by atoms with Crippen molar-refractivity contribution >= 4 is 28.5 Å². The zero-order valence-corrected chi connectivity index (χ0v) is 9.99. The number of nitrogens with zero attached hydrogens (tertiary/aromatic N) is 1. The van der Waals surface area contributed by atoms with Crippen LogP contribution < -0.4 is 5.73 Å². The molecule has 0 unspecified atom stereocenters. The Labute approximate surface area is 102 Å². The van der Waals surface area contributed by atoms with Gasteiger partial charge in [0.15, 0.2) is 5.54 Å². The SMILES string of the molecule is C[C@]1(C(=O)O)CSC(c2c(N)cccc2O)=N1. The molecule has 0 radical (unpaired) electrons. The monoisotopic (exact) mass is 252 g/mol. The van der Waals surface area contributed by atoms with E-state index in [4.69, 9.17) is 10.8 Å². The van der Waals surface area contributed by atoms with Crippen molar-refractivity contribution in [3.8, 4) is 5.75 Å². The van der Waals surface area contributed by atoms with Crippen molar-refractivity contribution in [2.24, 2.45) is 4.99 Å². The molecule has 17 heavy (non-hydrogen) atoms. The summed E-state index contributed by atoms with van der Waals surface area (Å²) in [6, 6.07) is 4.78. The van der Waals surface area contributed by atoms with Gasteiger partial charge in [0.25, 0.3) is 0 Å². The first-order chi connectivity index (χ1) is 7.94. The molecule has 90 valence electrons. The third-order valence-corrected chi connectivity index (χ3v) is 3.86. The fraction of sp³-hybridized carbons (Fsp3) is 0.273. The van der Waals surface area contributed by atoms with Crippen LogP contribution in [0.25, 0.3) is 0 Å². The molecule has 2 rings (SSSR count). The number of carboxylic acids is 1. The molecule has 1 aromatic carbocycles. The summed E-state index contributed by atoms with van der Waals surface area (Å²) in [5.41, 5.74) is 5.43. The van der Waals surface area contributed by atoms with E-state index in [0.29, 0.717) is 22.0 Å². The number of carboxylic acid groups (broad SMARTS) is 1. The number of phenolic OH excluding ortho intramolecular Hbond substituents is 1. The van der Waals surface area contributed by atoms with E-state index < -0.39 is 11.5 Å². The summed E-state index contributed by atoms with van der Waals surface area (Å²) >= 11 is 1.29. The summed E-state index contributed by atoms with van der Waals surface area (Å²) < 4.78 is 0. The Morgan fingerprint density at radius 1 is 1.59 bits per heavy atom. The lowest BCUT2D eigenvalue weighted by atomic mass is 10.1. The van der Waals surface area contributed by atoms with E-state index in [9.17, 15) is 9.90 Å². The number of phenols is 1. The molecule has 5 nitrogen and oxygen atoms in total. The highest BCUT2D eigenvalue weighted by Gasteiger charge is 2.39. The molecule has 1 atom stereocenters. The van der Waals surface area contributed by atoms with Crippen LogP contribution >= 0.6 is 11.8 Å². The zero-order chi connectivity index (χ0) is 12.6. The minimum Gasteiger partial charge on any atom is -0.507 e. The van der Waals surface area contributed by atoms with Gasteiger partial charge in [-0.3, -0.25) is 4.99 Å². The van der Waals surface area contributed by atoms with Gasteiger partial charge in [-0.05, 0) is 19.1 Å². The van der Waals surface area contributed by atoms with Gasteiger partial charge in [0, 0.05) is 11.4 Å². The molecule has 1 aromatic rings. The van der Waals surface area contributed by atoms with E-state index in [2.05, 4.69) is 4.99 Å². The number of thioether (sulfide) groups is 1. The molecule has 0 saturated carbocycles. The number of aliphatic imine (C=N–C) groups is 1. The lowest BCUT2D eigenvalue weighted by molar-refractivity contribution is -0.141. The molecule has 0 amide bonds. The number of rotatable bonds is 2. The third-order valence-electron chi connectivity index (χ3n) is 2.59. The van der Waals surface area contributed by atoms with Crippen molar-refractivity contribution in [3.05, 3.63) is 23.8 Å². The van der Waals surface area contributed by atoms with Crippen LogP contribution in [0.2, 0.25) is 0 Å². The van der Waals surface area contributed by atoms with Crippen LogP contribution in [0.3, 0.4) is 0 Å². The highest BCUT2D eigenvalue weighted by molar-refractivity contribution is 8.14. The minimum atomic E-state index is -1.14. The standard InChI is InChI=1S/C11H12N2O3S/c1-11(10(15)16)5-17-9(13-11)8-6(12)3-2-4-7(8)14/h2-4,14H,5,12H2,1H3,(H,15,16)/t11-/m1/s1. The molecule has 1 heterocycles. The van der Waals surface area contributed by atoms with Crippen LogP contribution in [0, 0.1) is 0 Å². The molecular formula is C11H12N2O3S. The fourth-order valence-corrected chi connectivity index (χ4v) is 2.76. The van der Waals surface area contributed by atoms with Gasteiger partial charge < -0.3 is 15.9 Å². The first-order valence-corrected chi connectivity index (χ1v) is 5.96. The molecule has 1 aliphatic heterocycles. The maximum Gasteiger partial charge on any atom is 0.332 e. The summed E-state index contributed by atoms with van der Waals surface area (Å²) in [5.74, 6) is -0.620. The van der Waals surface area contributed by atoms with Crippen LogP contribution in [0.4, 0.5) is 5.69 Å². The van der Waals surface area contributed by atoms with E-state index in [1.54, 1.807) is 19.1 Å². The molecular weight excluding hydrogens is 240 g/mol. The lowest BCUT2D eigenvalue weighted by Crippen LogP contribution is -2.33. The minimum absolute atomic E-state index is 0.0193. The normalized spacial score (nSPS) is 23.5. The van der Waals surface area contributed by atoms with Gasteiger partial charge in [0.1, 0.15) is 10.8 Å².